The highest BCUT2D eigenvalue weighted by molar-refractivity contribution is 5.98. The number of halogens is 6. The van der Waals surface area contributed by atoms with Gasteiger partial charge in [-0.2, -0.15) is 26.3 Å². The van der Waals surface area contributed by atoms with Crippen molar-refractivity contribution in [2.75, 3.05) is 6.54 Å². The lowest BCUT2D eigenvalue weighted by molar-refractivity contribution is -0.376. The number of allylic oxidation sites excluding steroid dienone is 1. The van der Waals surface area contributed by atoms with Gasteiger partial charge in [-0.15, -0.1) is 6.58 Å². The minimum atomic E-state index is -6.00. The van der Waals surface area contributed by atoms with Crippen molar-refractivity contribution in [2.45, 2.75) is 50.6 Å². The highest BCUT2D eigenvalue weighted by atomic mass is 19.4. The van der Waals surface area contributed by atoms with Crippen LogP contribution in [0.3, 0.4) is 0 Å². The lowest BCUT2D eigenvalue weighted by Gasteiger charge is -2.32. The summed E-state index contributed by atoms with van der Waals surface area (Å²) in [5, 5.41) is 16.0. The lowest BCUT2D eigenvalue weighted by Crippen LogP contribution is -2.53. The van der Waals surface area contributed by atoms with E-state index in [9.17, 15) is 36.2 Å². The van der Waals surface area contributed by atoms with Crippen molar-refractivity contribution >= 4 is 5.91 Å². The summed E-state index contributed by atoms with van der Waals surface area (Å²) in [5.41, 5.74) is -5.88. The molecule has 0 bridgehead atoms. The molecule has 0 radical (unpaired) electrons. The molecule has 0 saturated carbocycles. The maximum Gasteiger partial charge on any atom is 0.430 e. The smallest absolute Gasteiger partial charge is 0.369 e. The summed E-state index contributed by atoms with van der Waals surface area (Å²) in [4.78, 5) is 12.5. The molecule has 32 heavy (non-hydrogen) atoms. The highest BCUT2D eigenvalue weighted by Gasteiger charge is 2.71. The molecular formula is C21H22F6N2O3. The van der Waals surface area contributed by atoms with Gasteiger partial charge < -0.3 is 14.9 Å². The van der Waals surface area contributed by atoms with Crippen molar-refractivity contribution in [3.8, 4) is 11.1 Å². The van der Waals surface area contributed by atoms with Gasteiger partial charge in [0.25, 0.3) is 11.5 Å². The zero-order chi connectivity index (χ0) is 24.3. The van der Waals surface area contributed by atoms with Crippen LogP contribution in [0.5, 0.6) is 0 Å². The van der Waals surface area contributed by atoms with E-state index < -0.39 is 29.4 Å². The number of nitrogens with one attached hydrogen (secondary N) is 1. The highest BCUT2D eigenvalue weighted by Crippen LogP contribution is 2.50. The van der Waals surface area contributed by atoms with E-state index in [0.29, 0.717) is 37.2 Å². The van der Waals surface area contributed by atoms with Crippen molar-refractivity contribution in [1.29, 1.82) is 0 Å². The second kappa shape index (κ2) is 9.35. The quantitative estimate of drug-likeness (QED) is 0.309. The Hall–Kier alpha value is -2.82. The second-order valence-electron chi connectivity index (χ2n) is 7.40. The average Bonchev–Trinajstić information content (AvgIpc) is 3.14. The minimum Gasteiger partial charge on any atom is -0.369 e. The number of carbonyl (C=O) groups excluding carboxylic acids is 1. The number of carbonyl (C=O) groups is 1. The minimum absolute atomic E-state index is 0.113. The van der Waals surface area contributed by atoms with E-state index in [1.165, 1.54) is 0 Å². The average molecular weight is 464 g/mol. The number of aliphatic hydroxyl groups is 1. The van der Waals surface area contributed by atoms with Crippen molar-refractivity contribution in [3.63, 3.8) is 0 Å². The number of rotatable bonds is 8. The summed E-state index contributed by atoms with van der Waals surface area (Å²) in [6, 6.07) is 2.92. The van der Waals surface area contributed by atoms with Crippen LogP contribution in [0.1, 0.15) is 54.4 Å². The number of unbranched alkanes of at least 4 members (excludes halogenated alkanes) is 1. The fraction of sp³-hybridized carbons (Fsp3) is 0.429. The Labute approximate surface area is 180 Å². The fourth-order valence-electron chi connectivity index (χ4n) is 3.03. The SMILES string of the molecule is C=CCCCNC(=O)c1onc(C(C)C)c1-c1ccc(C(O)(C(F)(F)F)C(F)(F)F)cc1. The van der Waals surface area contributed by atoms with Gasteiger partial charge in [0.05, 0.1) is 11.3 Å². The molecule has 1 aromatic carbocycles. The molecule has 0 unspecified atom stereocenters. The topological polar surface area (TPSA) is 75.4 Å². The summed E-state index contributed by atoms with van der Waals surface area (Å²) >= 11 is 0. The first-order valence-electron chi connectivity index (χ1n) is 9.61. The van der Waals surface area contributed by atoms with Crippen LogP contribution in [-0.2, 0) is 5.60 Å². The molecule has 0 aliphatic heterocycles. The van der Waals surface area contributed by atoms with Gasteiger partial charge in [0, 0.05) is 12.1 Å². The van der Waals surface area contributed by atoms with Gasteiger partial charge in [-0.3, -0.25) is 4.79 Å². The van der Waals surface area contributed by atoms with Gasteiger partial charge in [0.15, 0.2) is 0 Å². The summed E-state index contributed by atoms with van der Waals surface area (Å²) in [6.07, 6.45) is -9.05. The molecule has 2 rings (SSSR count). The monoisotopic (exact) mass is 464 g/mol. The standard InChI is InChI=1S/C21H22F6N2O3/c1-4-5-6-11-28-18(30)17-15(16(12(2)3)29-32-17)13-7-9-14(10-8-13)19(31,20(22,23)24)21(25,26)27/h4,7-10,12,31H,1,5-6,11H2,2-3H3,(H,28,30). The largest absolute Gasteiger partial charge is 0.430 e. The Morgan fingerprint density at radius 1 is 1.16 bits per heavy atom. The van der Waals surface area contributed by atoms with Crippen LogP contribution in [0.4, 0.5) is 26.3 Å². The van der Waals surface area contributed by atoms with Crippen LogP contribution in [0, 0.1) is 0 Å². The van der Waals surface area contributed by atoms with Crippen LogP contribution < -0.4 is 5.32 Å². The number of nitrogens with zero attached hydrogens (tertiary/aromatic N) is 1. The normalized spacial score (nSPS) is 12.8. The predicted octanol–water partition coefficient (Wildman–Crippen LogP) is 5.47. The number of amides is 1. The summed E-state index contributed by atoms with van der Waals surface area (Å²) in [7, 11) is 0. The van der Waals surface area contributed by atoms with Crippen LogP contribution in [0.15, 0.2) is 41.4 Å². The molecule has 0 aliphatic carbocycles. The van der Waals surface area contributed by atoms with E-state index in [4.69, 9.17) is 4.52 Å². The first-order chi connectivity index (χ1) is 14.8. The number of aromatic nitrogens is 1. The molecular weight excluding hydrogens is 442 g/mol. The maximum atomic E-state index is 13.1. The Kier molecular flexibility index (Phi) is 7.44. The van der Waals surface area contributed by atoms with Gasteiger partial charge in [-0.25, -0.2) is 0 Å². The first kappa shape index (κ1) is 25.4. The van der Waals surface area contributed by atoms with E-state index in [0.717, 1.165) is 12.1 Å². The molecule has 0 atom stereocenters. The molecule has 0 spiro atoms. The summed E-state index contributed by atoms with van der Waals surface area (Å²) in [5.74, 6) is -1.12. The zero-order valence-electron chi connectivity index (χ0n) is 17.3. The molecule has 2 aromatic rings. The summed E-state index contributed by atoms with van der Waals surface area (Å²) in [6.45, 7) is 7.32. The lowest BCUT2D eigenvalue weighted by atomic mass is 9.89. The number of benzene rings is 1. The summed E-state index contributed by atoms with van der Waals surface area (Å²) < 4.78 is 83.9. The van der Waals surface area contributed by atoms with E-state index >= 15 is 0 Å². The van der Waals surface area contributed by atoms with Crippen molar-refractivity contribution in [1.82, 2.24) is 10.5 Å². The van der Waals surface area contributed by atoms with Crippen molar-refractivity contribution in [2.24, 2.45) is 0 Å². The van der Waals surface area contributed by atoms with Crippen LogP contribution in [0.25, 0.3) is 11.1 Å². The number of hydrogen-bond acceptors (Lipinski definition) is 4. The zero-order valence-corrected chi connectivity index (χ0v) is 17.3. The third-order valence-electron chi connectivity index (χ3n) is 4.75. The fourth-order valence-corrected chi connectivity index (χ4v) is 3.03. The molecule has 0 fully saturated rings. The Morgan fingerprint density at radius 2 is 1.72 bits per heavy atom. The van der Waals surface area contributed by atoms with Gasteiger partial charge in [0.2, 0.25) is 5.76 Å². The van der Waals surface area contributed by atoms with Gasteiger partial charge >= 0.3 is 12.4 Å². The molecule has 1 aromatic heterocycles. The third kappa shape index (κ3) is 4.82. The molecule has 0 aliphatic rings. The Morgan fingerprint density at radius 3 is 2.19 bits per heavy atom. The number of hydrogen-bond donors (Lipinski definition) is 2. The molecule has 2 N–H and O–H groups in total. The third-order valence-corrected chi connectivity index (χ3v) is 4.75. The molecule has 1 amide bonds. The van der Waals surface area contributed by atoms with Crippen molar-refractivity contribution in [3.05, 3.63) is 53.9 Å². The van der Waals surface area contributed by atoms with Gasteiger partial charge in [-0.1, -0.05) is 49.3 Å². The molecule has 5 nitrogen and oxygen atoms in total. The molecule has 11 heteroatoms. The second-order valence-corrected chi connectivity index (χ2v) is 7.40. The van der Waals surface area contributed by atoms with Crippen LogP contribution in [-0.4, -0.2) is 35.1 Å². The molecule has 1 heterocycles. The number of alkyl halides is 6. The van der Waals surface area contributed by atoms with E-state index in [-0.39, 0.29) is 22.8 Å². The van der Waals surface area contributed by atoms with E-state index in [1.807, 2.05) is 0 Å². The van der Waals surface area contributed by atoms with E-state index in [2.05, 4.69) is 17.1 Å². The van der Waals surface area contributed by atoms with Crippen LogP contribution in [0.2, 0.25) is 0 Å². The molecule has 176 valence electrons. The molecule has 0 saturated heterocycles. The Balaban J connectivity index is 2.49. The van der Waals surface area contributed by atoms with Crippen LogP contribution >= 0.6 is 0 Å². The van der Waals surface area contributed by atoms with Gasteiger partial charge in [-0.05, 0) is 24.3 Å². The van der Waals surface area contributed by atoms with Crippen molar-refractivity contribution < 1.29 is 40.8 Å². The maximum absolute atomic E-state index is 13.1. The van der Waals surface area contributed by atoms with E-state index in [1.54, 1.807) is 19.9 Å². The van der Waals surface area contributed by atoms with Gasteiger partial charge in [0.1, 0.15) is 0 Å². The predicted molar refractivity (Wildman–Crippen MR) is 104 cm³/mol. The Bertz CT molecular complexity index is 932. The first-order valence-corrected chi connectivity index (χ1v) is 9.61.